The molecule has 0 saturated heterocycles. The highest BCUT2D eigenvalue weighted by Gasteiger charge is 2.20. The first-order chi connectivity index (χ1) is 8.77. The molecule has 0 N–H and O–H groups in total. The zero-order chi connectivity index (χ0) is 12.5. The predicted octanol–water partition coefficient (Wildman–Crippen LogP) is 3.37. The molecule has 1 nitrogen and oxygen atoms in total. The van der Waals surface area contributed by atoms with Gasteiger partial charge in [-0.3, -0.25) is 0 Å². The fourth-order valence-corrected chi connectivity index (χ4v) is 3.08. The number of aryl methyl sites for hydroxylation is 3. The second-order valence-corrected chi connectivity index (χ2v) is 5.30. The van der Waals surface area contributed by atoms with Gasteiger partial charge in [-0.15, -0.1) is 0 Å². The van der Waals surface area contributed by atoms with Gasteiger partial charge in [0.05, 0.1) is 5.56 Å². The van der Waals surface area contributed by atoms with Gasteiger partial charge < -0.3 is 0 Å². The van der Waals surface area contributed by atoms with Crippen molar-refractivity contribution in [2.45, 2.75) is 32.6 Å². The van der Waals surface area contributed by atoms with Gasteiger partial charge in [-0.25, -0.2) is 4.57 Å². The van der Waals surface area contributed by atoms with Gasteiger partial charge in [0.15, 0.2) is 6.20 Å². The number of hydrogen-bond donors (Lipinski definition) is 0. The third-order valence-electron chi connectivity index (χ3n) is 4.05. The van der Waals surface area contributed by atoms with Gasteiger partial charge in [0.25, 0.3) is 0 Å². The molecule has 1 aliphatic carbocycles. The Balaban J connectivity index is 2.25. The van der Waals surface area contributed by atoms with Crippen LogP contribution in [0.25, 0.3) is 11.3 Å². The average Bonchev–Trinajstić information content (AvgIpc) is 2.40. The molecule has 0 amide bonds. The molecule has 0 spiro atoms. The first-order valence-corrected chi connectivity index (χ1v) is 6.84. The number of nitrogens with zero attached hydrogens (tertiary/aromatic N) is 1. The van der Waals surface area contributed by atoms with E-state index < -0.39 is 0 Å². The lowest BCUT2D eigenvalue weighted by Gasteiger charge is -2.20. The zero-order valence-electron chi connectivity index (χ0n) is 11.2. The molecule has 0 unspecified atom stereocenters. The highest BCUT2D eigenvalue weighted by Crippen LogP contribution is 2.32. The molecule has 0 radical (unpaired) electrons. The molecule has 1 aliphatic rings. The van der Waals surface area contributed by atoms with Crippen LogP contribution >= 0.6 is 0 Å². The zero-order valence-corrected chi connectivity index (χ0v) is 11.2. The minimum atomic E-state index is 1.24. The summed E-state index contributed by atoms with van der Waals surface area (Å²) in [5.74, 6) is 0. The fourth-order valence-electron chi connectivity index (χ4n) is 3.08. The largest absolute Gasteiger partial charge is 0.212 e. The Morgan fingerprint density at radius 2 is 1.83 bits per heavy atom. The number of benzene rings is 1. The van der Waals surface area contributed by atoms with Gasteiger partial charge in [-0.05, 0) is 55.4 Å². The molecule has 0 saturated carbocycles. The molecule has 1 heterocycles. The fraction of sp³-hybridized carbons (Fsp3) is 0.353. The van der Waals surface area contributed by atoms with Crippen LogP contribution in [0.3, 0.4) is 0 Å². The lowest BCUT2D eigenvalue weighted by Crippen LogP contribution is -2.30. The third kappa shape index (κ3) is 1.84. The maximum absolute atomic E-state index is 2.33. The predicted molar refractivity (Wildman–Crippen MR) is 74.4 cm³/mol. The number of hydrogen-bond acceptors (Lipinski definition) is 0. The second-order valence-electron chi connectivity index (χ2n) is 5.30. The SMILES string of the molecule is Cc1ccc2c(c1-c1cccc[n+]1C)CCCC2. The lowest BCUT2D eigenvalue weighted by atomic mass is 9.85. The van der Waals surface area contributed by atoms with Crippen molar-refractivity contribution in [1.82, 2.24) is 0 Å². The minimum absolute atomic E-state index is 1.24. The van der Waals surface area contributed by atoms with Crippen LogP contribution in [0.1, 0.15) is 29.5 Å². The second kappa shape index (κ2) is 4.56. The van der Waals surface area contributed by atoms with E-state index >= 15 is 0 Å². The van der Waals surface area contributed by atoms with Crippen molar-refractivity contribution in [2.24, 2.45) is 7.05 Å². The van der Waals surface area contributed by atoms with E-state index in [1.54, 1.807) is 11.1 Å². The maximum Gasteiger partial charge on any atom is 0.212 e. The summed E-state index contributed by atoms with van der Waals surface area (Å²) < 4.78 is 2.23. The Kier molecular flexibility index (Phi) is 2.91. The van der Waals surface area contributed by atoms with Crippen molar-refractivity contribution in [1.29, 1.82) is 0 Å². The monoisotopic (exact) mass is 238 g/mol. The van der Waals surface area contributed by atoms with E-state index in [0.29, 0.717) is 0 Å². The molecule has 3 rings (SSSR count). The van der Waals surface area contributed by atoms with Crippen LogP contribution in [-0.2, 0) is 19.9 Å². The van der Waals surface area contributed by atoms with Crippen molar-refractivity contribution in [2.75, 3.05) is 0 Å². The Hall–Kier alpha value is -1.63. The van der Waals surface area contributed by atoms with Gasteiger partial charge in [-0.1, -0.05) is 12.1 Å². The summed E-state index contributed by atoms with van der Waals surface area (Å²) >= 11 is 0. The Morgan fingerprint density at radius 1 is 1.00 bits per heavy atom. The first kappa shape index (κ1) is 11.5. The Labute approximate surface area is 109 Å². The van der Waals surface area contributed by atoms with E-state index in [1.807, 2.05) is 0 Å². The van der Waals surface area contributed by atoms with E-state index in [2.05, 4.69) is 55.1 Å². The molecule has 0 atom stereocenters. The standard InChI is InChI=1S/C17H20N/c1-13-10-11-14-7-3-4-8-15(14)17(13)16-9-5-6-12-18(16)2/h5-6,9-12H,3-4,7-8H2,1-2H3/q+1. The van der Waals surface area contributed by atoms with E-state index in [-0.39, 0.29) is 0 Å². The van der Waals surface area contributed by atoms with E-state index in [4.69, 9.17) is 0 Å². The van der Waals surface area contributed by atoms with Crippen LogP contribution in [0.4, 0.5) is 0 Å². The van der Waals surface area contributed by atoms with E-state index in [1.165, 1.54) is 42.5 Å². The van der Waals surface area contributed by atoms with Crippen LogP contribution in [0.5, 0.6) is 0 Å². The molecule has 0 bridgehead atoms. The summed E-state index contributed by atoms with van der Waals surface area (Å²) in [5.41, 5.74) is 7.36. The van der Waals surface area contributed by atoms with Gasteiger partial charge in [0.2, 0.25) is 5.69 Å². The van der Waals surface area contributed by atoms with Crippen LogP contribution in [-0.4, -0.2) is 0 Å². The normalized spacial score (nSPS) is 14.3. The summed E-state index contributed by atoms with van der Waals surface area (Å²) in [6.07, 6.45) is 7.30. The lowest BCUT2D eigenvalue weighted by molar-refractivity contribution is -0.660. The highest BCUT2D eigenvalue weighted by atomic mass is 14.9. The first-order valence-electron chi connectivity index (χ1n) is 6.84. The Morgan fingerprint density at radius 3 is 2.67 bits per heavy atom. The molecule has 0 fully saturated rings. The summed E-state index contributed by atoms with van der Waals surface area (Å²) in [7, 11) is 2.14. The van der Waals surface area contributed by atoms with Crippen LogP contribution in [0.2, 0.25) is 0 Å². The molecule has 2 aromatic rings. The maximum atomic E-state index is 2.33. The quantitative estimate of drug-likeness (QED) is 0.671. The van der Waals surface area contributed by atoms with Crippen molar-refractivity contribution >= 4 is 0 Å². The molecule has 0 aliphatic heterocycles. The number of aromatic nitrogens is 1. The third-order valence-corrected chi connectivity index (χ3v) is 4.05. The van der Waals surface area contributed by atoms with Crippen molar-refractivity contribution in [3.05, 3.63) is 53.2 Å². The minimum Gasteiger partial charge on any atom is -0.201 e. The van der Waals surface area contributed by atoms with Crippen molar-refractivity contribution < 1.29 is 4.57 Å². The summed E-state index contributed by atoms with van der Waals surface area (Å²) in [6.45, 7) is 2.23. The molecule has 1 aromatic heterocycles. The molecular formula is C17H20N+. The van der Waals surface area contributed by atoms with Crippen molar-refractivity contribution in [3.8, 4) is 11.3 Å². The molecular weight excluding hydrogens is 218 g/mol. The van der Waals surface area contributed by atoms with E-state index in [9.17, 15) is 0 Å². The topological polar surface area (TPSA) is 3.88 Å². The molecule has 18 heavy (non-hydrogen) atoms. The van der Waals surface area contributed by atoms with Crippen LogP contribution in [0.15, 0.2) is 36.5 Å². The van der Waals surface area contributed by atoms with Gasteiger partial charge >= 0.3 is 0 Å². The van der Waals surface area contributed by atoms with Gasteiger partial charge in [0, 0.05) is 12.1 Å². The molecule has 92 valence electrons. The van der Waals surface area contributed by atoms with Crippen LogP contribution in [0, 0.1) is 6.92 Å². The van der Waals surface area contributed by atoms with Gasteiger partial charge in [0.1, 0.15) is 7.05 Å². The summed E-state index contributed by atoms with van der Waals surface area (Å²) in [6, 6.07) is 11.1. The average molecular weight is 238 g/mol. The van der Waals surface area contributed by atoms with Crippen LogP contribution < -0.4 is 4.57 Å². The number of rotatable bonds is 1. The Bertz CT molecular complexity index is 584. The summed E-state index contributed by atoms with van der Waals surface area (Å²) in [4.78, 5) is 0. The van der Waals surface area contributed by atoms with Crippen molar-refractivity contribution in [3.63, 3.8) is 0 Å². The number of pyridine rings is 1. The summed E-state index contributed by atoms with van der Waals surface area (Å²) in [5, 5.41) is 0. The highest BCUT2D eigenvalue weighted by molar-refractivity contribution is 5.67. The number of fused-ring (bicyclic) bond motifs is 1. The van der Waals surface area contributed by atoms with E-state index in [0.717, 1.165) is 0 Å². The smallest absolute Gasteiger partial charge is 0.201 e. The van der Waals surface area contributed by atoms with Gasteiger partial charge in [-0.2, -0.15) is 0 Å². The molecule has 1 aromatic carbocycles. The molecule has 1 heteroatoms.